The van der Waals surface area contributed by atoms with Crippen LogP contribution in [-0.4, -0.2) is 26.5 Å². The van der Waals surface area contributed by atoms with Gasteiger partial charge in [-0.05, 0) is 29.8 Å². The van der Waals surface area contributed by atoms with Gasteiger partial charge < -0.3 is 19.5 Å². The van der Waals surface area contributed by atoms with Gasteiger partial charge in [-0.1, -0.05) is 12.1 Å². The lowest BCUT2D eigenvalue weighted by molar-refractivity contribution is -0.274. The lowest BCUT2D eigenvalue weighted by Gasteiger charge is -2.12. The molecular weight excluding hydrogens is 339 g/mol. The quantitative estimate of drug-likeness (QED) is 0.861. The van der Waals surface area contributed by atoms with E-state index in [1.54, 1.807) is 18.2 Å². The van der Waals surface area contributed by atoms with E-state index in [1.165, 1.54) is 38.5 Å². The van der Waals surface area contributed by atoms with Crippen molar-refractivity contribution in [2.45, 2.75) is 12.9 Å². The molecule has 2 aromatic carbocycles. The highest BCUT2D eigenvalue weighted by Crippen LogP contribution is 2.25. The van der Waals surface area contributed by atoms with Crippen LogP contribution in [0, 0.1) is 0 Å². The minimum Gasteiger partial charge on any atom is -0.497 e. The van der Waals surface area contributed by atoms with Gasteiger partial charge in [0, 0.05) is 12.6 Å². The average molecular weight is 355 g/mol. The molecule has 2 aromatic rings. The Bertz CT molecular complexity index is 730. The molecule has 8 heteroatoms. The zero-order chi connectivity index (χ0) is 18.4. The molecule has 0 saturated carbocycles. The molecule has 134 valence electrons. The predicted molar refractivity (Wildman–Crippen MR) is 83.8 cm³/mol. The summed E-state index contributed by atoms with van der Waals surface area (Å²) in [5, 5.41) is 2.67. The van der Waals surface area contributed by atoms with Crippen molar-refractivity contribution in [3.63, 3.8) is 0 Å². The highest BCUT2D eigenvalue weighted by Gasteiger charge is 2.30. The second-order valence-electron chi connectivity index (χ2n) is 4.94. The number of methoxy groups -OCH3 is 2. The summed E-state index contributed by atoms with van der Waals surface area (Å²) in [5.74, 6) is 0.203. The zero-order valence-corrected chi connectivity index (χ0v) is 13.5. The number of hydrogen-bond donors (Lipinski definition) is 1. The van der Waals surface area contributed by atoms with E-state index in [0.29, 0.717) is 22.6 Å². The van der Waals surface area contributed by atoms with Crippen LogP contribution in [0.15, 0.2) is 42.5 Å². The summed E-state index contributed by atoms with van der Waals surface area (Å²) >= 11 is 0. The number of amides is 1. The number of benzene rings is 2. The van der Waals surface area contributed by atoms with E-state index in [4.69, 9.17) is 9.47 Å². The Morgan fingerprint density at radius 1 is 1.00 bits per heavy atom. The Morgan fingerprint density at radius 2 is 1.64 bits per heavy atom. The van der Waals surface area contributed by atoms with Gasteiger partial charge in [-0.25, -0.2) is 0 Å². The van der Waals surface area contributed by atoms with Crippen LogP contribution >= 0.6 is 0 Å². The van der Waals surface area contributed by atoms with E-state index < -0.39 is 6.36 Å². The summed E-state index contributed by atoms with van der Waals surface area (Å²) in [7, 11) is 2.94. The molecule has 0 radical (unpaired) electrons. The van der Waals surface area contributed by atoms with Crippen molar-refractivity contribution in [3.8, 4) is 17.2 Å². The lowest BCUT2D eigenvalue weighted by Crippen LogP contribution is -2.23. The lowest BCUT2D eigenvalue weighted by atomic mass is 10.1. The van der Waals surface area contributed by atoms with E-state index in [-0.39, 0.29) is 18.2 Å². The third kappa shape index (κ3) is 5.30. The van der Waals surface area contributed by atoms with Crippen LogP contribution in [0.2, 0.25) is 0 Å². The standard InChI is InChI=1S/C17H16F3NO4/c1-23-13-7-8-14(15(9-13)24-2)16(22)21-10-11-3-5-12(6-4-11)25-17(18,19)20/h3-9H,10H2,1-2H3,(H,21,22). The largest absolute Gasteiger partial charge is 0.573 e. The summed E-state index contributed by atoms with van der Waals surface area (Å²) in [5.41, 5.74) is 0.940. The molecule has 0 aliphatic heterocycles. The molecule has 0 heterocycles. The Kier molecular flexibility index (Phi) is 5.74. The van der Waals surface area contributed by atoms with Crippen LogP contribution in [-0.2, 0) is 6.54 Å². The Balaban J connectivity index is 2.00. The Morgan fingerprint density at radius 3 is 2.20 bits per heavy atom. The van der Waals surface area contributed by atoms with E-state index in [2.05, 4.69) is 10.1 Å². The molecule has 1 amide bonds. The van der Waals surface area contributed by atoms with E-state index in [9.17, 15) is 18.0 Å². The van der Waals surface area contributed by atoms with Gasteiger partial charge in [-0.2, -0.15) is 0 Å². The highest BCUT2D eigenvalue weighted by atomic mass is 19.4. The van der Waals surface area contributed by atoms with Crippen LogP contribution in [0.25, 0.3) is 0 Å². The van der Waals surface area contributed by atoms with Gasteiger partial charge in [-0.3, -0.25) is 4.79 Å². The maximum Gasteiger partial charge on any atom is 0.573 e. The van der Waals surface area contributed by atoms with Gasteiger partial charge in [0.25, 0.3) is 5.91 Å². The van der Waals surface area contributed by atoms with Crippen LogP contribution in [0.1, 0.15) is 15.9 Å². The van der Waals surface area contributed by atoms with E-state index >= 15 is 0 Å². The van der Waals surface area contributed by atoms with Crippen molar-refractivity contribution >= 4 is 5.91 Å². The monoisotopic (exact) mass is 355 g/mol. The number of ether oxygens (including phenoxy) is 3. The van der Waals surface area contributed by atoms with Crippen molar-refractivity contribution in [1.29, 1.82) is 0 Å². The number of carbonyl (C=O) groups is 1. The van der Waals surface area contributed by atoms with Crippen molar-refractivity contribution in [1.82, 2.24) is 5.32 Å². The molecular formula is C17H16F3NO4. The molecule has 0 aliphatic carbocycles. The van der Waals surface area contributed by atoms with Gasteiger partial charge in [0.1, 0.15) is 17.2 Å². The van der Waals surface area contributed by atoms with E-state index in [0.717, 1.165) is 0 Å². The smallest absolute Gasteiger partial charge is 0.497 e. The SMILES string of the molecule is COc1ccc(C(=O)NCc2ccc(OC(F)(F)F)cc2)c(OC)c1. The molecule has 0 spiro atoms. The minimum absolute atomic E-state index is 0.139. The number of nitrogens with one attached hydrogen (secondary N) is 1. The summed E-state index contributed by atoms with van der Waals surface area (Å²) in [6.45, 7) is 0.139. The number of carbonyl (C=O) groups excluding carboxylic acids is 1. The molecule has 1 N–H and O–H groups in total. The Hall–Kier alpha value is -2.90. The van der Waals surface area contributed by atoms with Crippen molar-refractivity contribution < 1.29 is 32.2 Å². The van der Waals surface area contributed by atoms with Gasteiger partial charge >= 0.3 is 6.36 Å². The average Bonchev–Trinajstić information content (AvgIpc) is 2.59. The summed E-state index contributed by atoms with van der Waals surface area (Å²) in [4.78, 5) is 12.2. The summed E-state index contributed by atoms with van der Waals surface area (Å²) in [6, 6.07) is 10.0. The fourth-order valence-electron chi connectivity index (χ4n) is 2.07. The summed E-state index contributed by atoms with van der Waals surface area (Å²) in [6.07, 6.45) is -4.74. The molecule has 0 atom stereocenters. The van der Waals surface area contributed by atoms with Crippen molar-refractivity contribution in [3.05, 3.63) is 53.6 Å². The summed E-state index contributed by atoms with van der Waals surface area (Å²) < 4.78 is 50.3. The molecule has 0 aromatic heterocycles. The van der Waals surface area contributed by atoms with E-state index in [1.807, 2.05) is 0 Å². The molecule has 0 saturated heterocycles. The Labute approximate surface area is 142 Å². The van der Waals surface area contributed by atoms with Crippen LogP contribution < -0.4 is 19.5 Å². The van der Waals surface area contributed by atoms with Crippen LogP contribution in [0.4, 0.5) is 13.2 Å². The molecule has 25 heavy (non-hydrogen) atoms. The third-order valence-electron chi connectivity index (χ3n) is 3.26. The normalized spacial score (nSPS) is 10.9. The molecule has 2 rings (SSSR count). The van der Waals surface area contributed by atoms with Crippen molar-refractivity contribution in [2.75, 3.05) is 14.2 Å². The van der Waals surface area contributed by atoms with Gasteiger partial charge in [0.2, 0.25) is 0 Å². The fraction of sp³-hybridized carbons (Fsp3) is 0.235. The maximum absolute atomic E-state index is 12.2. The highest BCUT2D eigenvalue weighted by molar-refractivity contribution is 5.97. The molecule has 5 nitrogen and oxygen atoms in total. The van der Waals surface area contributed by atoms with Gasteiger partial charge in [0.15, 0.2) is 0 Å². The first-order valence-electron chi connectivity index (χ1n) is 7.17. The van der Waals surface area contributed by atoms with Gasteiger partial charge in [0.05, 0.1) is 19.8 Å². The predicted octanol–water partition coefficient (Wildman–Crippen LogP) is 3.53. The molecule has 0 bridgehead atoms. The van der Waals surface area contributed by atoms with Gasteiger partial charge in [-0.15, -0.1) is 13.2 Å². The third-order valence-corrected chi connectivity index (χ3v) is 3.26. The van der Waals surface area contributed by atoms with Crippen molar-refractivity contribution in [2.24, 2.45) is 0 Å². The minimum atomic E-state index is -4.74. The van der Waals surface area contributed by atoms with Crippen LogP contribution in [0.3, 0.4) is 0 Å². The number of halogens is 3. The fourth-order valence-corrected chi connectivity index (χ4v) is 2.07. The molecule has 0 fully saturated rings. The first kappa shape index (κ1) is 18.4. The first-order valence-corrected chi connectivity index (χ1v) is 7.17. The zero-order valence-electron chi connectivity index (χ0n) is 13.5. The second kappa shape index (κ2) is 7.78. The number of alkyl halides is 3. The molecule has 0 unspecified atom stereocenters. The molecule has 0 aliphatic rings. The number of rotatable bonds is 6. The first-order chi connectivity index (χ1) is 11.8. The van der Waals surface area contributed by atoms with Crippen LogP contribution in [0.5, 0.6) is 17.2 Å². The second-order valence-corrected chi connectivity index (χ2v) is 4.94. The topological polar surface area (TPSA) is 56.8 Å². The maximum atomic E-state index is 12.2. The number of hydrogen-bond acceptors (Lipinski definition) is 4.